The van der Waals surface area contributed by atoms with Crippen LogP contribution < -0.4 is 5.73 Å². The maximum atomic E-state index is 5.65. The number of hydrogen-bond donors (Lipinski definition) is 1. The van der Waals surface area contributed by atoms with Crippen LogP contribution in [0.25, 0.3) is 0 Å². The zero-order valence-corrected chi connectivity index (χ0v) is 10.7. The minimum absolute atomic E-state index is 0.106. The van der Waals surface area contributed by atoms with E-state index >= 15 is 0 Å². The molecule has 1 atom stereocenters. The lowest BCUT2D eigenvalue weighted by atomic mass is 10.2. The Balaban J connectivity index is 1.88. The van der Waals surface area contributed by atoms with E-state index in [1.807, 2.05) is 0 Å². The molecule has 0 spiro atoms. The molecular weight excluding hydrogens is 236 g/mol. The highest BCUT2D eigenvalue weighted by Gasteiger charge is 2.25. The highest BCUT2D eigenvalue weighted by molar-refractivity contribution is 4.93. The maximum Gasteiger partial charge on any atom is 0.252 e. The fourth-order valence-electron chi connectivity index (χ4n) is 1.85. The molecule has 1 aromatic rings. The molecule has 0 radical (unpaired) electrons. The van der Waals surface area contributed by atoms with Crippen molar-refractivity contribution >= 4 is 0 Å². The summed E-state index contributed by atoms with van der Waals surface area (Å²) in [6.07, 6.45) is -0.106. The van der Waals surface area contributed by atoms with E-state index in [9.17, 15) is 0 Å². The number of nitrogens with zero attached hydrogens (tertiary/aromatic N) is 3. The molecule has 0 bridgehead atoms. The third-order valence-electron chi connectivity index (χ3n) is 2.86. The molecule has 2 rings (SSSR count). The number of ether oxygens (including phenoxy) is 2. The number of morpholine rings is 1. The van der Waals surface area contributed by atoms with E-state index in [0.29, 0.717) is 38.1 Å². The standard InChI is InChI=1S/C11H20N4O3/c1-2-15-4-6-17-9(7-15)11-13-10(18-14-11)8-16-5-3-12/h9H,2-8,12H2,1H3. The first-order chi connectivity index (χ1) is 8.83. The van der Waals surface area contributed by atoms with Crippen molar-refractivity contribution in [2.45, 2.75) is 19.6 Å². The van der Waals surface area contributed by atoms with Crippen LogP contribution in [-0.4, -0.2) is 54.4 Å². The fraction of sp³-hybridized carbons (Fsp3) is 0.818. The molecule has 7 nitrogen and oxygen atoms in total. The van der Waals surface area contributed by atoms with Crippen molar-refractivity contribution in [3.8, 4) is 0 Å². The van der Waals surface area contributed by atoms with Crippen LogP contribution in [0.4, 0.5) is 0 Å². The molecule has 1 aromatic heterocycles. The monoisotopic (exact) mass is 256 g/mol. The van der Waals surface area contributed by atoms with Gasteiger partial charge < -0.3 is 19.7 Å². The van der Waals surface area contributed by atoms with Crippen LogP contribution in [0.5, 0.6) is 0 Å². The number of likely N-dealkylation sites (N-methyl/N-ethyl adjacent to an activating group) is 1. The Labute approximate surface area is 106 Å². The van der Waals surface area contributed by atoms with Crippen LogP contribution in [0.3, 0.4) is 0 Å². The van der Waals surface area contributed by atoms with Crippen molar-refractivity contribution < 1.29 is 14.0 Å². The molecule has 2 heterocycles. The molecule has 102 valence electrons. The first-order valence-corrected chi connectivity index (χ1v) is 6.27. The van der Waals surface area contributed by atoms with Crippen LogP contribution in [0.2, 0.25) is 0 Å². The van der Waals surface area contributed by atoms with Crippen molar-refractivity contribution in [2.75, 3.05) is 39.4 Å². The van der Waals surface area contributed by atoms with Crippen LogP contribution in [-0.2, 0) is 16.1 Å². The summed E-state index contributed by atoms with van der Waals surface area (Å²) in [4.78, 5) is 6.58. The normalized spacial score (nSPS) is 21.3. The van der Waals surface area contributed by atoms with Crippen LogP contribution in [0.15, 0.2) is 4.52 Å². The largest absolute Gasteiger partial charge is 0.370 e. The van der Waals surface area contributed by atoms with Crippen molar-refractivity contribution in [3.05, 3.63) is 11.7 Å². The smallest absolute Gasteiger partial charge is 0.252 e. The van der Waals surface area contributed by atoms with E-state index in [4.69, 9.17) is 19.7 Å². The van der Waals surface area contributed by atoms with Crippen molar-refractivity contribution in [1.82, 2.24) is 15.0 Å². The zero-order chi connectivity index (χ0) is 12.8. The average Bonchev–Trinajstić information content (AvgIpc) is 2.88. The Morgan fingerprint density at radius 1 is 1.56 bits per heavy atom. The van der Waals surface area contributed by atoms with Gasteiger partial charge in [-0.05, 0) is 6.54 Å². The summed E-state index contributed by atoms with van der Waals surface area (Å²) in [6.45, 7) is 6.87. The van der Waals surface area contributed by atoms with Crippen molar-refractivity contribution in [3.63, 3.8) is 0 Å². The molecule has 0 aliphatic carbocycles. The van der Waals surface area contributed by atoms with E-state index in [1.54, 1.807) is 0 Å². The first kappa shape index (κ1) is 13.4. The van der Waals surface area contributed by atoms with Gasteiger partial charge in [-0.3, -0.25) is 4.90 Å². The molecule has 1 saturated heterocycles. The lowest BCUT2D eigenvalue weighted by Crippen LogP contribution is -2.38. The van der Waals surface area contributed by atoms with Gasteiger partial charge in [0.1, 0.15) is 12.7 Å². The average molecular weight is 256 g/mol. The van der Waals surface area contributed by atoms with Gasteiger partial charge in [0, 0.05) is 19.6 Å². The second-order valence-electron chi connectivity index (χ2n) is 4.14. The molecule has 18 heavy (non-hydrogen) atoms. The molecule has 1 aliphatic rings. The molecule has 2 N–H and O–H groups in total. The quantitative estimate of drug-likeness (QED) is 0.713. The van der Waals surface area contributed by atoms with Crippen molar-refractivity contribution in [1.29, 1.82) is 0 Å². The van der Waals surface area contributed by atoms with Gasteiger partial charge in [-0.1, -0.05) is 12.1 Å². The van der Waals surface area contributed by atoms with E-state index < -0.39 is 0 Å². The van der Waals surface area contributed by atoms with Crippen LogP contribution >= 0.6 is 0 Å². The molecular formula is C11H20N4O3. The molecule has 1 aliphatic heterocycles. The van der Waals surface area contributed by atoms with Gasteiger partial charge in [0.25, 0.3) is 5.89 Å². The molecule has 7 heteroatoms. The summed E-state index contributed by atoms with van der Waals surface area (Å²) < 4.78 is 16.0. The number of aromatic nitrogens is 2. The highest BCUT2D eigenvalue weighted by atomic mass is 16.5. The first-order valence-electron chi connectivity index (χ1n) is 6.27. The predicted octanol–water partition coefficient (Wildman–Crippen LogP) is -0.0619. The maximum absolute atomic E-state index is 5.65. The molecule has 0 aromatic carbocycles. The van der Waals surface area contributed by atoms with Crippen molar-refractivity contribution in [2.24, 2.45) is 5.73 Å². The Kier molecular flexibility index (Phi) is 5.06. The molecule has 1 unspecified atom stereocenters. The van der Waals surface area contributed by atoms with Gasteiger partial charge in [-0.25, -0.2) is 0 Å². The minimum Gasteiger partial charge on any atom is -0.370 e. The Morgan fingerprint density at radius 3 is 3.22 bits per heavy atom. The third kappa shape index (κ3) is 3.49. The van der Waals surface area contributed by atoms with E-state index in [1.165, 1.54) is 0 Å². The zero-order valence-electron chi connectivity index (χ0n) is 10.7. The summed E-state index contributed by atoms with van der Waals surface area (Å²) in [5, 5.41) is 3.94. The Morgan fingerprint density at radius 2 is 2.44 bits per heavy atom. The van der Waals surface area contributed by atoms with Gasteiger partial charge >= 0.3 is 0 Å². The van der Waals surface area contributed by atoms with Gasteiger partial charge in [0.2, 0.25) is 5.82 Å². The van der Waals surface area contributed by atoms with E-state index in [-0.39, 0.29) is 6.10 Å². The summed E-state index contributed by atoms with van der Waals surface area (Å²) in [6, 6.07) is 0. The number of hydrogen-bond acceptors (Lipinski definition) is 7. The van der Waals surface area contributed by atoms with E-state index in [2.05, 4.69) is 22.0 Å². The predicted molar refractivity (Wildman–Crippen MR) is 63.8 cm³/mol. The minimum atomic E-state index is -0.106. The Hall–Kier alpha value is -1.02. The van der Waals surface area contributed by atoms with Gasteiger partial charge in [0.15, 0.2) is 0 Å². The Bertz CT molecular complexity index is 358. The summed E-state index contributed by atoms with van der Waals surface area (Å²) >= 11 is 0. The fourth-order valence-corrected chi connectivity index (χ4v) is 1.85. The third-order valence-corrected chi connectivity index (χ3v) is 2.86. The highest BCUT2D eigenvalue weighted by Crippen LogP contribution is 2.19. The van der Waals surface area contributed by atoms with Gasteiger partial charge in [0.05, 0.1) is 13.2 Å². The number of rotatable bonds is 6. The lowest BCUT2D eigenvalue weighted by Gasteiger charge is -2.30. The van der Waals surface area contributed by atoms with Crippen LogP contribution in [0, 0.1) is 0 Å². The molecule has 1 fully saturated rings. The van der Waals surface area contributed by atoms with Gasteiger partial charge in [-0.2, -0.15) is 4.98 Å². The lowest BCUT2D eigenvalue weighted by molar-refractivity contribution is -0.0334. The summed E-state index contributed by atoms with van der Waals surface area (Å²) in [5.74, 6) is 1.06. The number of nitrogens with two attached hydrogens (primary N) is 1. The second kappa shape index (κ2) is 6.79. The van der Waals surface area contributed by atoms with Crippen LogP contribution in [0.1, 0.15) is 24.7 Å². The molecule has 0 amide bonds. The molecule has 0 saturated carbocycles. The topological polar surface area (TPSA) is 86.6 Å². The second-order valence-corrected chi connectivity index (χ2v) is 4.14. The summed E-state index contributed by atoms with van der Waals surface area (Å²) in [5.41, 5.74) is 5.33. The van der Waals surface area contributed by atoms with Gasteiger partial charge in [-0.15, -0.1) is 0 Å². The SMILES string of the molecule is CCN1CCOC(c2noc(COCCN)n2)C1. The summed E-state index contributed by atoms with van der Waals surface area (Å²) in [7, 11) is 0. The van der Waals surface area contributed by atoms with E-state index in [0.717, 1.165) is 19.6 Å².